The number of aliphatic carboxylic acids is 1. The Balaban J connectivity index is 1.92. The molecule has 108 valence electrons. The molecular formula is C14H15F2NO3. The predicted molar refractivity (Wildman–Crippen MR) is 67.0 cm³/mol. The summed E-state index contributed by atoms with van der Waals surface area (Å²) in [4.78, 5) is 24.4. The van der Waals surface area contributed by atoms with Gasteiger partial charge in [0.1, 0.15) is 0 Å². The molecule has 0 radical (unpaired) electrons. The first-order valence-electron chi connectivity index (χ1n) is 6.42. The number of carboxylic acid groups (broad SMARTS) is 1. The average Bonchev–Trinajstić information content (AvgIpc) is 2.43. The normalized spacial score (nSPS) is 16.2. The van der Waals surface area contributed by atoms with Crippen molar-refractivity contribution in [3.8, 4) is 0 Å². The van der Waals surface area contributed by atoms with E-state index in [0.29, 0.717) is 31.5 Å². The van der Waals surface area contributed by atoms with Crippen LogP contribution in [0.25, 0.3) is 0 Å². The van der Waals surface area contributed by atoms with Crippen LogP contribution in [-0.2, 0) is 16.0 Å². The van der Waals surface area contributed by atoms with E-state index in [9.17, 15) is 18.4 Å². The second kappa shape index (κ2) is 5.98. The van der Waals surface area contributed by atoms with Crippen LogP contribution in [0.1, 0.15) is 18.4 Å². The topological polar surface area (TPSA) is 57.6 Å². The summed E-state index contributed by atoms with van der Waals surface area (Å²) in [6.07, 6.45) is 0.854. The zero-order valence-electron chi connectivity index (χ0n) is 10.8. The van der Waals surface area contributed by atoms with Gasteiger partial charge in [0, 0.05) is 13.1 Å². The number of carboxylic acids is 1. The second-order valence-electron chi connectivity index (χ2n) is 4.92. The highest BCUT2D eigenvalue weighted by atomic mass is 19.2. The van der Waals surface area contributed by atoms with Gasteiger partial charge in [0.25, 0.3) is 0 Å². The Bertz CT molecular complexity index is 525. The molecule has 0 unspecified atom stereocenters. The highest BCUT2D eigenvalue weighted by Crippen LogP contribution is 2.18. The van der Waals surface area contributed by atoms with E-state index in [4.69, 9.17) is 5.11 Å². The van der Waals surface area contributed by atoms with Crippen molar-refractivity contribution in [1.29, 1.82) is 0 Å². The zero-order valence-corrected chi connectivity index (χ0v) is 10.8. The fraction of sp³-hybridized carbons (Fsp3) is 0.429. The number of benzene rings is 1. The molecule has 20 heavy (non-hydrogen) atoms. The van der Waals surface area contributed by atoms with E-state index in [1.165, 1.54) is 6.07 Å². The van der Waals surface area contributed by atoms with E-state index in [1.54, 1.807) is 4.90 Å². The van der Waals surface area contributed by atoms with Crippen LogP contribution in [-0.4, -0.2) is 35.0 Å². The number of amides is 1. The summed E-state index contributed by atoms with van der Waals surface area (Å²) < 4.78 is 25.8. The lowest BCUT2D eigenvalue weighted by molar-refractivity contribution is -0.145. The monoisotopic (exact) mass is 283 g/mol. The van der Waals surface area contributed by atoms with Crippen molar-refractivity contribution < 1.29 is 23.5 Å². The third-order valence-electron chi connectivity index (χ3n) is 3.54. The maximum atomic E-state index is 13.0. The second-order valence-corrected chi connectivity index (χ2v) is 4.92. The summed E-state index contributed by atoms with van der Waals surface area (Å²) >= 11 is 0. The Labute approximate surface area is 115 Å². The van der Waals surface area contributed by atoms with Gasteiger partial charge in [0.05, 0.1) is 12.3 Å². The molecule has 1 aromatic rings. The van der Waals surface area contributed by atoms with Crippen LogP contribution in [0.2, 0.25) is 0 Å². The molecule has 1 fully saturated rings. The van der Waals surface area contributed by atoms with Crippen LogP contribution in [0.4, 0.5) is 8.78 Å². The number of carbonyl (C=O) groups excluding carboxylic acids is 1. The molecule has 1 aliphatic rings. The summed E-state index contributed by atoms with van der Waals surface area (Å²) in [5.74, 6) is -3.34. The van der Waals surface area contributed by atoms with Crippen LogP contribution in [0.5, 0.6) is 0 Å². The number of carbonyl (C=O) groups is 2. The lowest BCUT2D eigenvalue weighted by Gasteiger charge is -2.30. The average molecular weight is 283 g/mol. The largest absolute Gasteiger partial charge is 0.481 e. The molecule has 1 aromatic carbocycles. The van der Waals surface area contributed by atoms with Gasteiger partial charge in [-0.25, -0.2) is 8.78 Å². The third-order valence-corrected chi connectivity index (χ3v) is 3.54. The Hall–Kier alpha value is -1.98. The molecule has 0 saturated carbocycles. The third kappa shape index (κ3) is 3.31. The lowest BCUT2D eigenvalue weighted by atomic mass is 9.96. The molecule has 0 aliphatic carbocycles. The van der Waals surface area contributed by atoms with Gasteiger partial charge in [-0.2, -0.15) is 0 Å². The van der Waals surface area contributed by atoms with Crippen LogP contribution < -0.4 is 0 Å². The first-order chi connectivity index (χ1) is 9.47. The smallest absolute Gasteiger partial charge is 0.306 e. The molecule has 1 N–H and O–H groups in total. The standard InChI is InChI=1S/C14H15F2NO3/c15-11-2-1-9(7-12(11)16)8-13(18)17-5-3-10(4-6-17)14(19)20/h1-2,7,10H,3-6,8H2,(H,19,20). The summed E-state index contributed by atoms with van der Waals surface area (Å²) in [6, 6.07) is 3.38. The number of rotatable bonds is 3. The molecule has 0 bridgehead atoms. The zero-order chi connectivity index (χ0) is 14.7. The molecule has 2 rings (SSSR count). The Morgan fingerprint density at radius 3 is 2.40 bits per heavy atom. The maximum Gasteiger partial charge on any atom is 0.306 e. The molecule has 4 nitrogen and oxygen atoms in total. The van der Waals surface area contributed by atoms with E-state index >= 15 is 0 Å². The van der Waals surface area contributed by atoms with Crippen molar-refractivity contribution in [3.05, 3.63) is 35.4 Å². The Morgan fingerprint density at radius 2 is 1.85 bits per heavy atom. The van der Waals surface area contributed by atoms with Gasteiger partial charge in [-0.05, 0) is 30.5 Å². The minimum absolute atomic E-state index is 0.00502. The van der Waals surface area contributed by atoms with Crippen molar-refractivity contribution in [2.75, 3.05) is 13.1 Å². The number of nitrogens with zero attached hydrogens (tertiary/aromatic N) is 1. The first-order valence-corrected chi connectivity index (χ1v) is 6.42. The highest BCUT2D eigenvalue weighted by molar-refractivity contribution is 5.79. The highest BCUT2D eigenvalue weighted by Gasteiger charge is 2.26. The summed E-state index contributed by atoms with van der Waals surface area (Å²) in [5.41, 5.74) is 0.411. The van der Waals surface area contributed by atoms with E-state index < -0.39 is 23.5 Å². The van der Waals surface area contributed by atoms with Gasteiger partial charge >= 0.3 is 5.97 Å². The van der Waals surface area contributed by atoms with Crippen molar-refractivity contribution in [1.82, 2.24) is 4.90 Å². The van der Waals surface area contributed by atoms with Crippen molar-refractivity contribution in [3.63, 3.8) is 0 Å². The molecule has 1 amide bonds. The molecule has 0 spiro atoms. The van der Waals surface area contributed by atoms with Crippen LogP contribution in [0.3, 0.4) is 0 Å². The SMILES string of the molecule is O=C(O)C1CCN(C(=O)Cc2ccc(F)c(F)c2)CC1. The number of hydrogen-bond acceptors (Lipinski definition) is 2. The van der Waals surface area contributed by atoms with E-state index in [2.05, 4.69) is 0 Å². The van der Waals surface area contributed by atoms with Crippen molar-refractivity contribution in [2.45, 2.75) is 19.3 Å². The minimum Gasteiger partial charge on any atom is -0.481 e. The van der Waals surface area contributed by atoms with Crippen molar-refractivity contribution in [2.24, 2.45) is 5.92 Å². The molecular weight excluding hydrogens is 268 g/mol. The van der Waals surface area contributed by atoms with Gasteiger partial charge in [-0.3, -0.25) is 9.59 Å². The number of hydrogen-bond donors (Lipinski definition) is 1. The first kappa shape index (κ1) is 14.4. The molecule has 0 atom stereocenters. The molecule has 6 heteroatoms. The molecule has 1 heterocycles. The van der Waals surface area contributed by atoms with E-state index in [-0.39, 0.29) is 12.3 Å². The van der Waals surface area contributed by atoms with Crippen LogP contribution in [0, 0.1) is 17.6 Å². The quantitative estimate of drug-likeness (QED) is 0.920. The van der Waals surface area contributed by atoms with Gasteiger partial charge in [0.2, 0.25) is 5.91 Å². The number of halogens is 2. The maximum absolute atomic E-state index is 13.0. The lowest BCUT2D eigenvalue weighted by Crippen LogP contribution is -2.41. The van der Waals surface area contributed by atoms with Gasteiger partial charge in [-0.1, -0.05) is 6.07 Å². The van der Waals surface area contributed by atoms with Crippen LogP contribution in [0.15, 0.2) is 18.2 Å². The van der Waals surface area contributed by atoms with Gasteiger partial charge in [-0.15, -0.1) is 0 Å². The number of piperidine rings is 1. The van der Waals surface area contributed by atoms with Crippen LogP contribution >= 0.6 is 0 Å². The minimum atomic E-state index is -0.972. The fourth-order valence-corrected chi connectivity index (χ4v) is 2.31. The Morgan fingerprint density at radius 1 is 1.20 bits per heavy atom. The van der Waals surface area contributed by atoms with Gasteiger partial charge < -0.3 is 10.0 Å². The van der Waals surface area contributed by atoms with E-state index in [0.717, 1.165) is 12.1 Å². The molecule has 1 aliphatic heterocycles. The molecule has 1 saturated heterocycles. The summed E-state index contributed by atoms with van der Waals surface area (Å²) in [7, 11) is 0. The van der Waals surface area contributed by atoms with Gasteiger partial charge in [0.15, 0.2) is 11.6 Å². The predicted octanol–water partition coefficient (Wildman–Crippen LogP) is 1.83. The summed E-state index contributed by atoms with van der Waals surface area (Å²) in [6.45, 7) is 0.777. The van der Waals surface area contributed by atoms with E-state index in [1.807, 2.05) is 0 Å². The van der Waals surface area contributed by atoms with Crippen molar-refractivity contribution >= 4 is 11.9 Å². The molecule has 0 aromatic heterocycles. The summed E-state index contributed by atoms with van der Waals surface area (Å²) in [5, 5.41) is 8.87. The Kier molecular flexibility index (Phi) is 4.32. The number of likely N-dealkylation sites (tertiary alicyclic amines) is 1. The fourth-order valence-electron chi connectivity index (χ4n) is 2.31.